The Morgan fingerprint density at radius 1 is 1.31 bits per heavy atom. The van der Waals surface area contributed by atoms with Gasteiger partial charge in [0.25, 0.3) is 5.91 Å². The summed E-state index contributed by atoms with van der Waals surface area (Å²) >= 11 is 0. The van der Waals surface area contributed by atoms with Crippen LogP contribution in [0.15, 0.2) is 48.7 Å². The average Bonchev–Trinajstić information content (AvgIpc) is 3.10. The Balaban J connectivity index is 1.67. The van der Waals surface area contributed by atoms with Gasteiger partial charge in [-0.15, -0.1) is 0 Å². The van der Waals surface area contributed by atoms with Crippen LogP contribution >= 0.6 is 0 Å². The molecule has 0 aliphatic carbocycles. The highest BCUT2D eigenvalue weighted by atomic mass is 19.1. The van der Waals surface area contributed by atoms with Gasteiger partial charge in [0, 0.05) is 24.7 Å². The zero-order chi connectivity index (χ0) is 20.4. The van der Waals surface area contributed by atoms with E-state index in [1.54, 1.807) is 30.5 Å². The van der Waals surface area contributed by atoms with Crippen molar-refractivity contribution in [2.24, 2.45) is 0 Å². The van der Waals surface area contributed by atoms with Crippen molar-refractivity contribution in [2.45, 2.75) is 25.1 Å². The SMILES string of the molecule is N#Cc1ccc(Cn2cc(C(=O)N[C@H]3CCOC[C@@H]3O)c3c(F)cccc32)cc1. The molecule has 3 aromatic rings. The van der Waals surface area contributed by atoms with Crippen LogP contribution in [0.5, 0.6) is 0 Å². The molecule has 1 aliphatic heterocycles. The lowest BCUT2D eigenvalue weighted by atomic mass is 10.1. The Morgan fingerprint density at radius 3 is 2.83 bits per heavy atom. The molecule has 1 aliphatic rings. The fraction of sp³-hybridized carbons (Fsp3) is 0.273. The summed E-state index contributed by atoms with van der Waals surface area (Å²) in [6, 6.07) is 13.5. The van der Waals surface area contributed by atoms with E-state index in [0.29, 0.717) is 30.7 Å². The van der Waals surface area contributed by atoms with Gasteiger partial charge in [0.05, 0.1) is 41.5 Å². The van der Waals surface area contributed by atoms with Gasteiger partial charge in [-0.1, -0.05) is 18.2 Å². The van der Waals surface area contributed by atoms with E-state index in [9.17, 15) is 14.3 Å². The van der Waals surface area contributed by atoms with Gasteiger partial charge in [-0.2, -0.15) is 5.26 Å². The van der Waals surface area contributed by atoms with E-state index in [2.05, 4.69) is 11.4 Å². The van der Waals surface area contributed by atoms with Crippen LogP contribution in [0.3, 0.4) is 0 Å². The summed E-state index contributed by atoms with van der Waals surface area (Å²) in [4.78, 5) is 12.9. The Labute approximate surface area is 167 Å². The smallest absolute Gasteiger partial charge is 0.253 e. The standard InChI is InChI=1S/C22H20FN3O3/c23-17-2-1-3-19-21(17)16(22(28)25-18-8-9-29-13-20(18)27)12-26(19)11-15-6-4-14(10-24)5-7-15/h1-7,12,18,20,27H,8-9,11,13H2,(H,25,28)/t18-,20-/m0/s1. The fourth-order valence-electron chi connectivity index (χ4n) is 3.63. The van der Waals surface area contributed by atoms with E-state index in [1.807, 2.05) is 16.7 Å². The molecule has 29 heavy (non-hydrogen) atoms. The first-order valence-electron chi connectivity index (χ1n) is 9.40. The van der Waals surface area contributed by atoms with Gasteiger partial charge < -0.3 is 19.7 Å². The monoisotopic (exact) mass is 393 g/mol. The number of rotatable bonds is 4. The molecule has 1 saturated heterocycles. The highest BCUT2D eigenvalue weighted by molar-refractivity contribution is 6.07. The summed E-state index contributed by atoms with van der Waals surface area (Å²) in [5.74, 6) is -0.900. The Morgan fingerprint density at radius 2 is 2.10 bits per heavy atom. The lowest BCUT2D eigenvalue weighted by Gasteiger charge is -2.28. The topological polar surface area (TPSA) is 87.3 Å². The quantitative estimate of drug-likeness (QED) is 0.713. The zero-order valence-corrected chi connectivity index (χ0v) is 15.6. The van der Waals surface area contributed by atoms with Crippen molar-refractivity contribution in [1.29, 1.82) is 5.26 Å². The number of benzene rings is 2. The van der Waals surface area contributed by atoms with E-state index in [-0.39, 0.29) is 17.6 Å². The first kappa shape index (κ1) is 19.1. The number of aromatic nitrogens is 1. The van der Waals surface area contributed by atoms with Crippen LogP contribution in [0.4, 0.5) is 4.39 Å². The summed E-state index contributed by atoms with van der Waals surface area (Å²) in [7, 11) is 0. The molecule has 4 rings (SSSR count). The van der Waals surface area contributed by atoms with Crippen LogP contribution in [0.1, 0.15) is 27.9 Å². The molecule has 2 heterocycles. The van der Waals surface area contributed by atoms with Crippen molar-refractivity contribution >= 4 is 16.8 Å². The molecule has 2 atom stereocenters. The van der Waals surface area contributed by atoms with Gasteiger partial charge in [0.1, 0.15) is 5.82 Å². The van der Waals surface area contributed by atoms with Crippen LogP contribution in [0.25, 0.3) is 10.9 Å². The minimum atomic E-state index is -0.787. The van der Waals surface area contributed by atoms with Crippen molar-refractivity contribution in [1.82, 2.24) is 9.88 Å². The number of carbonyl (C=O) groups is 1. The van der Waals surface area contributed by atoms with Crippen molar-refractivity contribution in [2.75, 3.05) is 13.2 Å². The van der Waals surface area contributed by atoms with Gasteiger partial charge in [-0.05, 0) is 36.2 Å². The molecular formula is C22H20FN3O3. The first-order valence-corrected chi connectivity index (χ1v) is 9.40. The van der Waals surface area contributed by atoms with E-state index < -0.39 is 23.9 Å². The number of amides is 1. The third kappa shape index (κ3) is 3.86. The molecule has 6 nitrogen and oxygen atoms in total. The fourth-order valence-corrected chi connectivity index (χ4v) is 3.63. The predicted octanol–water partition coefficient (Wildman–Crippen LogP) is 2.58. The van der Waals surface area contributed by atoms with Gasteiger partial charge in [0.2, 0.25) is 0 Å². The molecule has 0 saturated carbocycles. The molecule has 0 spiro atoms. The zero-order valence-electron chi connectivity index (χ0n) is 15.6. The number of carbonyl (C=O) groups excluding carboxylic acids is 1. The largest absolute Gasteiger partial charge is 0.389 e. The second-order valence-electron chi connectivity index (χ2n) is 7.12. The third-order valence-corrected chi connectivity index (χ3v) is 5.18. The van der Waals surface area contributed by atoms with Crippen LogP contribution in [0.2, 0.25) is 0 Å². The molecule has 0 unspecified atom stereocenters. The molecule has 0 radical (unpaired) electrons. The van der Waals surface area contributed by atoms with Gasteiger partial charge in [-0.25, -0.2) is 4.39 Å². The summed E-state index contributed by atoms with van der Waals surface area (Å²) in [5, 5.41) is 22.0. The molecular weight excluding hydrogens is 373 g/mol. The first-order chi connectivity index (χ1) is 14.1. The minimum Gasteiger partial charge on any atom is -0.389 e. The van der Waals surface area contributed by atoms with Crippen molar-refractivity contribution in [3.63, 3.8) is 0 Å². The summed E-state index contributed by atoms with van der Waals surface area (Å²) in [6.45, 7) is 1.05. The van der Waals surface area contributed by atoms with Crippen LogP contribution in [0, 0.1) is 17.1 Å². The highest BCUT2D eigenvalue weighted by Crippen LogP contribution is 2.26. The number of hydrogen-bond donors (Lipinski definition) is 2. The van der Waals surface area contributed by atoms with Crippen molar-refractivity contribution in [3.05, 3.63) is 71.2 Å². The second kappa shape index (κ2) is 8.03. The molecule has 0 bridgehead atoms. The Hall–Kier alpha value is -3.21. The number of aliphatic hydroxyl groups excluding tert-OH is 1. The van der Waals surface area contributed by atoms with E-state index in [4.69, 9.17) is 10.00 Å². The van der Waals surface area contributed by atoms with E-state index in [1.165, 1.54) is 6.07 Å². The molecule has 2 aromatic carbocycles. The van der Waals surface area contributed by atoms with Gasteiger partial charge in [-0.3, -0.25) is 4.79 Å². The lowest BCUT2D eigenvalue weighted by molar-refractivity contribution is -0.0260. The lowest BCUT2D eigenvalue weighted by Crippen LogP contribution is -2.48. The summed E-state index contributed by atoms with van der Waals surface area (Å²) < 4.78 is 21.6. The average molecular weight is 393 g/mol. The molecule has 2 N–H and O–H groups in total. The normalized spacial score (nSPS) is 19.1. The molecule has 1 amide bonds. The van der Waals surface area contributed by atoms with Crippen LogP contribution < -0.4 is 5.32 Å². The maximum Gasteiger partial charge on any atom is 0.253 e. The van der Waals surface area contributed by atoms with Crippen LogP contribution in [-0.2, 0) is 11.3 Å². The number of halogens is 1. The minimum absolute atomic E-state index is 0.166. The van der Waals surface area contributed by atoms with Crippen LogP contribution in [-0.4, -0.2) is 40.9 Å². The second-order valence-corrected chi connectivity index (χ2v) is 7.12. The van der Waals surface area contributed by atoms with E-state index in [0.717, 1.165) is 5.56 Å². The third-order valence-electron chi connectivity index (χ3n) is 5.18. The number of nitrogens with zero attached hydrogens (tertiary/aromatic N) is 2. The number of fused-ring (bicyclic) bond motifs is 1. The molecule has 7 heteroatoms. The maximum absolute atomic E-state index is 14.6. The van der Waals surface area contributed by atoms with Gasteiger partial charge in [0.15, 0.2) is 0 Å². The highest BCUT2D eigenvalue weighted by Gasteiger charge is 2.27. The van der Waals surface area contributed by atoms with Gasteiger partial charge >= 0.3 is 0 Å². The number of ether oxygens (including phenoxy) is 1. The molecule has 1 fully saturated rings. The molecule has 1 aromatic heterocycles. The predicted molar refractivity (Wildman–Crippen MR) is 105 cm³/mol. The van der Waals surface area contributed by atoms with Crippen molar-refractivity contribution < 1.29 is 19.0 Å². The number of hydrogen-bond acceptors (Lipinski definition) is 4. The number of aliphatic hydroxyl groups is 1. The maximum atomic E-state index is 14.6. The summed E-state index contributed by atoms with van der Waals surface area (Å²) in [5.41, 5.74) is 2.32. The Kier molecular flexibility index (Phi) is 5.30. The van der Waals surface area contributed by atoms with Crippen molar-refractivity contribution in [3.8, 4) is 6.07 Å². The number of nitriles is 1. The summed E-state index contributed by atoms with van der Waals surface area (Å²) in [6.07, 6.45) is 1.34. The van der Waals surface area contributed by atoms with E-state index >= 15 is 0 Å². The Bertz CT molecular complexity index is 1090. The number of nitrogens with one attached hydrogen (secondary N) is 1. The molecule has 148 valence electrons.